The van der Waals surface area contributed by atoms with Crippen molar-refractivity contribution in [3.63, 3.8) is 0 Å². The molecule has 0 saturated heterocycles. The Morgan fingerprint density at radius 3 is 2.28 bits per heavy atom. The second-order valence-corrected chi connectivity index (χ2v) is 3.93. The summed E-state index contributed by atoms with van der Waals surface area (Å²) in [5.74, 6) is 0.748. The number of hydrogen-bond acceptors (Lipinski definition) is 3. The largest absolute Gasteiger partial charge is 0.494 e. The summed E-state index contributed by atoms with van der Waals surface area (Å²) in [7, 11) is 1.64. The van der Waals surface area contributed by atoms with Gasteiger partial charge in [0.15, 0.2) is 0 Å². The molecule has 1 aromatic heterocycles. The fourth-order valence-electron chi connectivity index (χ4n) is 2.05. The number of methoxy groups -OCH3 is 1. The summed E-state index contributed by atoms with van der Waals surface area (Å²) in [6.07, 6.45) is 3.38. The van der Waals surface area contributed by atoms with Crippen LogP contribution in [-0.2, 0) is 0 Å². The molecule has 18 heavy (non-hydrogen) atoms. The summed E-state index contributed by atoms with van der Waals surface area (Å²) in [6, 6.07) is 14.1. The molecule has 3 aromatic rings. The van der Waals surface area contributed by atoms with Crippen LogP contribution in [0.4, 0.5) is 0 Å². The van der Waals surface area contributed by atoms with Crippen LogP contribution in [0.2, 0.25) is 0 Å². The Hall–Kier alpha value is -2.42. The zero-order chi connectivity index (χ0) is 12.4. The quantitative estimate of drug-likeness (QED) is 0.684. The maximum absolute atomic E-state index is 5.32. The van der Waals surface area contributed by atoms with Crippen molar-refractivity contribution in [2.45, 2.75) is 0 Å². The Morgan fingerprint density at radius 1 is 0.833 bits per heavy atom. The van der Waals surface area contributed by atoms with Crippen molar-refractivity contribution >= 4 is 11.0 Å². The van der Waals surface area contributed by atoms with Crippen molar-refractivity contribution in [3.05, 3.63) is 54.9 Å². The van der Waals surface area contributed by atoms with E-state index in [4.69, 9.17) is 4.74 Å². The molecular formula is C15H12N2O. The zero-order valence-electron chi connectivity index (χ0n) is 10.00. The standard InChI is InChI=1S/C15H12N2O/c1-18-13-8-7-12(11-5-3-2-4-6-11)14-15(13)17-10-9-16-14/h2-10H,1H3. The molecule has 3 rings (SSSR count). The van der Waals surface area contributed by atoms with Gasteiger partial charge in [0.2, 0.25) is 0 Å². The van der Waals surface area contributed by atoms with Crippen molar-refractivity contribution in [3.8, 4) is 16.9 Å². The first-order valence-electron chi connectivity index (χ1n) is 5.73. The molecule has 0 aliphatic rings. The lowest BCUT2D eigenvalue weighted by Crippen LogP contribution is -1.91. The molecule has 0 fully saturated rings. The van der Waals surface area contributed by atoms with Crippen molar-refractivity contribution in [1.82, 2.24) is 9.97 Å². The molecule has 0 N–H and O–H groups in total. The molecule has 0 aliphatic carbocycles. The van der Waals surface area contributed by atoms with Gasteiger partial charge in [-0.25, -0.2) is 4.98 Å². The third-order valence-corrected chi connectivity index (χ3v) is 2.89. The lowest BCUT2D eigenvalue weighted by molar-refractivity contribution is 0.419. The van der Waals surface area contributed by atoms with E-state index in [1.54, 1.807) is 19.5 Å². The van der Waals surface area contributed by atoms with Gasteiger partial charge in [-0.05, 0) is 17.7 Å². The summed E-state index contributed by atoms with van der Waals surface area (Å²) in [5.41, 5.74) is 3.86. The van der Waals surface area contributed by atoms with Crippen molar-refractivity contribution < 1.29 is 4.74 Å². The number of rotatable bonds is 2. The molecule has 0 radical (unpaired) electrons. The maximum atomic E-state index is 5.32. The lowest BCUT2D eigenvalue weighted by Gasteiger charge is -2.08. The van der Waals surface area contributed by atoms with Crippen molar-refractivity contribution in [2.75, 3.05) is 7.11 Å². The van der Waals surface area contributed by atoms with Crippen LogP contribution >= 0.6 is 0 Å². The molecule has 1 heterocycles. The highest BCUT2D eigenvalue weighted by molar-refractivity contribution is 5.94. The smallest absolute Gasteiger partial charge is 0.146 e. The van der Waals surface area contributed by atoms with E-state index in [0.29, 0.717) is 0 Å². The first-order chi connectivity index (χ1) is 8.90. The highest BCUT2D eigenvalue weighted by Gasteiger charge is 2.09. The van der Waals surface area contributed by atoms with E-state index in [9.17, 15) is 0 Å². The molecule has 0 aliphatic heterocycles. The minimum Gasteiger partial charge on any atom is -0.494 e. The van der Waals surface area contributed by atoms with Crippen molar-refractivity contribution in [1.29, 1.82) is 0 Å². The van der Waals surface area contributed by atoms with E-state index >= 15 is 0 Å². The van der Waals surface area contributed by atoms with Gasteiger partial charge in [0, 0.05) is 18.0 Å². The first-order valence-corrected chi connectivity index (χ1v) is 5.73. The van der Waals surface area contributed by atoms with E-state index in [0.717, 1.165) is 27.9 Å². The van der Waals surface area contributed by atoms with E-state index in [-0.39, 0.29) is 0 Å². The number of ether oxygens (including phenoxy) is 1. The topological polar surface area (TPSA) is 35.0 Å². The predicted molar refractivity (Wildman–Crippen MR) is 71.5 cm³/mol. The third kappa shape index (κ3) is 1.70. The van der Waals surface area contributed by atoms with E-state index in [1.165, 1.54) is 0 Å². The fourth-order valence-corrected chi connectivity index (χ4v) is 2.05. The number of aromatic nitrogens is 2. The van der Waals surface area contributed by atoms with Crippen LogP contribution in [0.1, 0.15) is 0 Å². The second kappa shape index (κ2) is 4.45. The summed E-state index contributed by atoms with van der Waals surface area (Å²) < 4.78 is 5.32. The molecule has 0 bridgehead atoms. The molecule has 0 unspecified atom stereocenters. The van der Waals surface area contributed by atoms with Crippen LogP contribution in [0.5, 0.6) is 5.75 Å². The maximum Gasteiger partial charge on any atom is 0.146 e. The summed E-state index contributed by atoms with van der Waals surface area (Å²) >= 11 is 0. The number of hydrogen-bond donors (Lipinski definition) is 0. The summed E-state index contributed by atoms with van der Waals surface area (Å²) in [5, 5.41) is 0. The predicted octanol–water partition coefficient (Wildman–Crippen LogP) is 3.31. The zero-order valence-corrected chi connectivity index (χ0v) is 10.00. The van der Waals surface area contributed by atoms with Gasteiger partial charge in [-0.1, -0.05) is 30.3 Å². The minimum atomic E-state index is 0.748. The Morgan fingerprint density at radius 2 is 1.56 bits per heavy atom. The van der Waals surface area contributed by atoms with E-state index in [2.05, 4.69) is 22.1 Å². The molecule has 0 saturated carbocycles. The van der Waals surface area contributed by atoms with Gasteiger partial charge >= 0.3 is 0 Å². The van der Waals surface area contributed by atoms with Gasteiger partial charge in [-0.2, -0.15) is 0 Å². The van der Waals surface area contributed by atoms with Gasteiger partial charge in [0.1, 0.15) is 16.8 Å². The molecule has 3 nitrogen and oxygen atoms in total. The SMILES string of the molecule is COc1ccc(-c2ccccc2)c2nccnc12. The Bertz CT molecular complexity index is 680. The molecule has 0 atom stereocenters. The average Bonchev–Trinajstić information content (AvgIpc) is 2.47. The minimum absolute atomic E-state index is 0.748. The summed E-state index contributed by atoms with van der Waals surface area (Å²) in [4.78, 5) is 8.77. The Balaban J connectivity index is 2.32. The second-order valence-electron chi connectivity index (χ2n) is 3.93. The van der Waals surface area contributed by atoms with E-state index in [1.807, 2.05) is 30.3 Å². The molecule has 3 heteroatoms. The van der Waals surface area contributed by atoms with Crippen LogP contribution in [-0.4, -0.2) is 17.1 Å². The Kier molecular flexibility index (Phi) is 2.65. The number of fused-ring (bicyclic) bond motifs is 1. The van der Waals surface area contributed by atoms with Gasteiger partial charge < -0.3 is 4.74 Å². The molecule has 2 aromatic carbocycles. The van der Waals surface area contributed by atoms with Crippen LogP contribution in [0.3, 0.4) is 0 Å². The van der Waals surface area contributed by atoms with Crippen molar-refractivity contribution in [2.24, 2.45) is 0 Å². The third-order valence-electron chi connectivity index (χ3n) is 2.89. The first kappa shape index (κ1) is 10.7. The fraction of sp³-hybridized carbons (Fsp3) is 0.0667. The van der Waals surface area contributed by atoms with Crippen LogP contribution < -0.4 is 4.74 Å². The highest BCUT2D eigenvalue weighted by Crippen LogP contribution is 2.31. The molecule has 88 valence electrons. The number of benzene rings is 2. The molecule has 0 spiro atoms. The number of nitrogens with zero attached hydrogens (tertiary/aromatic N) is 2. The van der Waals surface area contributed by atoms with Crippen LogP contribution in [0.25, 0.3) is 22.2 Å². The van der Waals surface area contributed by atoms with Crippen LogP contribution in [0.15, 0.2) is 54.9 Å². The van der Waals surface area contributed by atoms with Crippen LogP contribution in [0, 0.1) is 0 Å². The van der Waals surface area contributed by atoms with Gasteiger partial charge in [-0.3, -0.25) is 4.98 Å². The normalized spacial score (nSPS) is 10.5. The Labute approximate surface area is 105 Å². The van der Waals surface area contributed by atoms with Gasteiger partial charge in [0.05, 0.1) is 7.11 Å². The average molecular weight is 236 g/mol. The highest BCUT2D eigenvalue weighted by atomic mass is 16.5. The van der Waals surface area contributed by atoms with Gasteiger partial charge in [-0.15, -0.1) is 0 Å². The summed E-state index contributed by atoms with van der Waals surface area (Å²) in [6.45, 7) is 0. The molecular weight excluding hydrogens is 224 g/mol. The molecule has 0 amide bonds. The lowest BCUT2D eigenvalue weighted by atomic mass is 10.0. The van der Waals surface area contributed by atoms with E-state index < -0.39 is 0 Å². The monoisotopic (exact) mass is 236 g/mol. The van der Waals surface area contributed by atoms with Gasteiger partial charge in [0.25, 0.3) is 0 Å².